The highest BCUT2D eigenvalue weighted by Crippen LogP contribution is 2.19. The molecule has 0 aliphatic rings. The zero-order valence-corrected chi connectivity index (χ0v) is 23.7. The summed E-state index contributed by atoms with van der Waals surface area (Å²) in [6.45, 7) is 4.14. The number of ether oxygens (including phenoxy) is 1. The fourth-order valence-electron chi connectivity index (χ4n) is 3.54. The Morgan fingerprint density at radius 1 is 0.971 bits per heavy atom. The van der Waals surface area contributed by atoms with Crippen molar-refractivity contribution in [1.82, 2.24) is 10.2 Å². The Labute approximate surface area is 229 Å². The summed E-state index contributed by atoms with van der Waals surface area (Å²) in [4.78, 5) is 28.7. The van der Waals surface area contributed by atoms with Gasteiger partial charge < -0.3 is 15.0 Å². The molecule has 5 nitrogen and oxygen atoms in total. The van der Waals surface area contributed by atoms with Gasteiger partial charge in [-0.1, -0.05) is 65.3 Å². The molecule has 0 fully saturated rings. The van der Waals surface area contributed by atoms with E-state index in [1.807, 2.05) is 92.7 Å². The van der Waals surface area contributed by atoms with Crippen LogP contribution in [-0.4, -0.2) is 35.4 Å². The van der Waals surface area contributed by atoms with E-state index in [2.05, 4.69) is 43.8 Å². The Balaban J connectivity index is 1.89. The maximum Gasteiger partial charge on any atom is 0.261 e. The van der Waals surface area contributed by atoms with Crippen LogP contribution in [0.25, 0.3) is 0 Å². The summed E-state index contributed by atoms with van der Waals surface area (Å²) in [7, 11) is 0. The van der Waals surface area contributed by atoms with Gasteiger partial charge in [0.1, 0.15) is 11.8 Å². The smallest absolute Gasteiger partial charge is 0.261 e. The lowest BCUT2D eigenvalue weighted by molar-refractivity contribution is -0.143. The van der Waals surface area contributed by atoms with Gasteiger partial charge in [0, 0.05) is 27.1 Å². The Morgan fingerprint density at radius 2 is 1.63 bits per heavy atom. The van der Waals surface area contributed by atoms with Crippen molar-refractivity contribution < 1.29 is 14.3 Å². The molecule has 1 N–H and O–H groups in total. The van der Waals surface area contributed by atoms with Gasteiger partial charge in [-0.05, 0) is 83.5 Å². The zero-order valence-electron chi connectivity index (χ0n) is 19.9. The number of carbonyl (C=O) groups is 2. The first-order valence-corrected chi connectivity index (χ1v) is 13.5. The number of hydrogen-bond donors (Lipinski definition) is 1. The van der Waals surface area contributed by atoms with Gasteiger partial charge >= 0.3 is 0 Å². The molecule has 0 radical (unpaired) electrons. The Hall–Kier alpha value is -2.39. The number of nitrogens with zero attached hydrogens (tertiary/aromatic N) is 1. The number of amides is 2. The number of hydrogen-bond acceptors (Lipinski definition) is 3. The van der Waals surface area contributed by atoms with Gasteiger partial charge in [-0.2, -0.15) is 0 Å². The van der Waals surface area contributed by atoms with Crippen molar-refractivity contribution in [2.24, 2.45) is 0 Å². The first kappa shape index (κ1) is 27.2. The number of nitrogens with one attached hydrogen (secondary N) is 1. The normalized spacial score (nSPS) is 12.5. The molecule has 3 rings (SSSR count). The highest BCUT2D eigenvalue weighted by Gasteiger charge is 2.31. The lowest BCUT2D eigenvalue weighted by Crippen LogP contribution is -2.53. The van der Waals surface area contributed by atoms with E-state index in [0.717, 1.165) is 25.6 Å². The highest BCUT2D eigenvalue weighted by molar-refractivity contribution is 14.1. The second-order valence-corrected chi connectivity index (χ2v) is 10.6. The molecule has 0 aliphatic carbocycles. The van der Waals surface area contributed by atoms with Crippen LogP contribution in [0.5, 0.6) is 5.75 Å². The molecular formula is C28H30BrIN2O3. The quantitative estimate of drug-likeness (QED) is 0.260. The summed E-state index contributed by atoms with van der Waals surface area (Å²) in [5.41, 5.74) is 1.93. The lowest BCUT2D eigenvalue weighted by Gasteiger charge is -2.32. The van der Waals surface area contributed by atoms with E-state index in [4.69, 9.17) is 4.74 Å². The van der Waals surface area contributed by atoms with Crippen LogP contribution in [0, 0.1) is 3.57 Å². The third kappa shape index (κ3) is 8.65. The number of halogens is 2. The topological polar surface area (TPSA) is 58.6 Å². The number of rotatable bonds is 11. The molecule has 0 heterocycles. The van der Waals surface area contributed by atoms with Gasteiger partial charge in [-0.25, -0.2) is 0 Å². The van der Waals surface area contributed by atoms with Crippen molar-refractivity contribution in [3.05, 3.63) is 98.0 Å². The molecule has 3 aromatic carbocycles. The summed E-state index contributed by atoms with van der Waals surface area (Å²) >= 11 is 5.69. The molecule has 0 unspecified atom stereocenters. The average Bonchev–Trinajstić information content (AvgIpc) is 2.87. The van der Waals surface area contributed by atoms with Crippen LogP contribution in [0.15, 0.2) is 83.3 Å². The van der Waals surface area contributed by atoms with Crippen molar-refractivity contribution in [3.8, 4) is 5.75 Å². The van der Waals surface area contributed by atoms with Gasteiger partial charge in [0.2, 0.25) is 5.91 Å². The van der Waals surface area contributed by atoms with E-state index in [1.165, 1.54) is 0 Å². The monoisotopic (exact) mass is 648 g/mol. The minimum absolute atomic E-state index is 0.00782. The van der Waals surface area contributed by atoms with Crippen LogP contribution in [0.1, 0.15) is 31.4 Å². The molecule has 3 aromatic rings. The number of benzene rings is 3. The van der Waals surface area contributed by atoms with Crippen LogP contribution < -0.4 is 10.1 Å². The van der Waals surface area contributed by atoms with Crippen LogP contribution in [0.2, 0.25) is 0 Å². The molecule has 0 saturated carbocycles. The molecule has 0 aromatic heterocycles. The van der Waals surface area contributed by atoms with Crippen LogP contribution >= 0.6 is 38.5 Å². The molecule has 0 bridgehead atoms. The summed E-state index contributed by atoms with van der Waals surface area (Å²) in [5, 5.41) is 3.08. The summed E-state index contributed by atoms with van der Waals surface area (Å²) in [5.74, 6) is 0.209. The number of carbonyl (C=O) groups excluding carboxylic acids is 2. The predicted molar refractivity (Wildman–Crippen MR) is 151 cm³/mol. The van der Waals surface area contributed by atoms with Gasteiger partial charge in [0.05, 0.1) is 0 Å². The van der Waals surface area contributed by atoms with Crippen molar-refractivity contribution in [2.75, 3.05) is 6.61 Å². The van der Waals surface area contributed by atoms with E-state index in [9.17, 15) is 9.59 Å². The van der Waals surface area contributed by atoms with Crippen LogP contribution in [0.4, 0.5) is 0 Å². The highest BCUT2D eigenvalue weighted by atomic mass is 127. The average molecular weight is 649 g/mol. The molecule has 184 valence electrons. The zero-order chi connectivity index (χ0) is 25.2. The molecule has 2 atom stereocenters. The van der Waals surface area contributed by atoms with Gasteiger partial charge in [0.15, 0.2) is 6.61 Å². The lowest BCUT2D eigenvalue weighted by atomic mass is 10.0. The maximum absolute atomic E-state index is 13.6. The predicted octanol–water partition coefficient (Wildman–Crippen LogP) is 5.99. The first-order chi connectivity index (χ1) is 16.9. The van der Waals surface area contributed by atoms with Crippen LogP contribution in [0.3, 0.4) is 0 Å². The molecule has 7 heteroatoms. The minimum atomic E-state index is -0.678. The second kappa shape index (κ2) is 13.6. The largest absolute Gasteiger partial charge is 0.484 e. The summed E-state index contributed by atoms with van der Waals surface area (Å²) < 4.78 is 7.85. The Kier molecular flexibility index (Phi) is 10.6. The summed E-state index contributed by atoms with van der Waals surface area (Å²) in [6, 6.07) is 24.4. The summed E-state index contributed by atoms with van der Waals surface area (Å²) in [6.07, 6.45) is 1.22. The Morgan fingerprint density at radius 3 is 2.26 bits per heavy atom. The fourth-order valence-corrected chi connectivity index (χ4v) is 4.16. The van der Waals surface area contributed by atoms with Crippen molar-refractivity contribution in [3.63, 3.8) is 0 Å². The van der Waals surface area contributed by atoms with Gasteiger partial charge in [0.25, 0.3) is 5.91 Å². The van der Waals surface area contributed by atoms with Gasteiger partial charge in [-0.15, -0.1) is 0 Å². The minimum Gasteiger partial charge on any atom is -0.484 e. The van der Waals surface area contributed by atoms with E-state index in [0.29, 0.717) is 18.7 Å². The molecule has 35 heavy (non-hydrogen) atoms. The van der Waals surface area contributed by atoms with E-state index in [-0.39, 0.29) is 24.5 Å². The standard InChI is InChI=1S/C28H30BrIN2O3/c1-3-20(2)31-28(34)26(17-21-7-5-4-6-8-21)32(18-22-9-11-23(29)12-10-22)27(33)19-35-25-15-13-24(30)14-16-25/h4-16,20,26H,3,17-19H2,1-2H3,(H,31,34)/t20-,26+/m0/s1. The maximum atomic E-state index is 13.6. The van der Waals surface area contributed by atoms with Crippen LogP contribution in [-0.2, 0) is 22.6 Å². The molecule has 0 aliphatic heterocycles. The third-order valence-electron chi connectivity index (χ3n) is 5.71. The molecule has 0 spiro atoms. The van der Waals surface area contributed by atoms with E-state index in [1.54, 1.807) is 4.90 Å². The molecular weight excluding hydrogens is 619 g/mol. The fraction of sp³-hybridized carbons (Fsp3) is 0.286. The first-order valence-electron chi connectivity index (χ1n) is 11.6. The van der Waals surface area contributed by atoms with Crippen molar-refractivity contribution in [1.29, 1.82) is 0 Å². The molecule has 0 saturated heterocycles. The molecule has 2 amide bonds. The van der Waals surface area contributed by atoms with Crippen molar-refractivity contribution >= 4 is 50.3 Å². The Bertz CT molecular complexity index is 1090. The van der Waals surface area contributed by atoms with E-state index >= 15 is 0 Å². The van der Waals surface area contributed by atoms with E-state index < -0.39 is 6.04 Å². The third-order valence-corrected chi connectivity index (χ3v) is 6.96. The van der Waals surface area contributed by atoms with Gasteiger partial charge in [-0.3, -0.25) is 9.59 Å². The van der Waals surface area contributed by atoms with Crippen molar-refractivity contribution in [2.45, 2.75) is 45.3 Å². The SMILES string of the molecule is CC[C@H](C)NC(=O)[C@@H](Cc1ccccc1)N(Cc1ccc(Br)cc1)C(=O)COc1ccc(I)cc1. The second-order valence-electron chi connectivity index (χ2n) is 8.41.